The number of halogens is 2. The number of nitrogens with one attached hydrogen (secondary N) is 1. The maximum atomic E-state index is 13.4. The van der Waals surface area contributed by atoms with Gasteiger partial charge in [-0.15, -0.1) is 0 Å². The average Bonchev–Trinajstić information content (AvgIpc) is 2.89. The molecule has 0 unspecified atom stereocenters. The molecule has 0 aromatic heterocycles. The zero-order valence-electron chi connectivity index (χ0n) is 11.6. The minimum absolute atomic E-state index is 0.00663. The first kappa shape index (κ1) is 15.2. The van der Waals surface area contributed by atoms with Crippen LogP contribution in [0.25, 0.3) is 0 Å². The molecule has 7 heteroatoms. The van der Waals surface area contributed by atoms with Crippen LogP contribution in [-0.2, 0) is 4.79 Å². The average molecular weight is 294 g/mol. The number of amides is 1. The Hall–Kier alpha value is -2.20. The lowest BCUT2D eigenvalue weighted by atomic mass is 10.1. The molecule has 0 saturated carbocycles. The molecule has 3 N–H and O–H groups in total. The fourth-order valence-corrected chi connectivity index (χ4v) is 2.44. The van der Waals surface area contributed by atoms with Crippen molar-refractivity contribution in [3.05, 3.63) is 29.3 Å². The van der Waals surface area contributed by atoms with Crippen molar-refractivity contribution in [2.75, 3.05) is 18.0 Å². The Labute approximate surface area is 121 Å². The number of anilines is 1. The maximum Gasteiger partial charge on any atom is 0.234 e. The van der Waals surface area contributed by atoms with Gasteiger partial charge >= 0.3 is 0 Å². The van der Waals surface area contributed by atoms with Gasteiger partial charge in [0.2, 0.25) is 5.91 Å². The van der Waals surface area contributed by atoms with Crippen molar-refractivity contribution in [3.8, 4) is 6.07 Å². The van der Waals surface area contributed by atoms with E-state index in [1.807, 2.05) is 6.07 Å². The van der Waals surface area contributed by atoms with Gasteiger partial charge in [-0.3, -0.25) is 4.79 Å². The molecule has 0 aliphatic carbocycles. The summed E-state index contributed by atoms with van der Waals surface area (Å²) >= 11 is 0. The SMILES string of the molecule is C[C@H](N[C@H]1CCN(c2cc(F)c(F)cc2C#N)C1)C(N)=O. The van der Waals surface area contributed by atoms with E-state index < -0.39 is 23.6 Å². The zero-order valence-corrected chi connectivity index (χ0v) is 11.6. The van der Waals surface area contributed by atoms with E-state index in [-0.39, 0.29) is 11.6 Å². The first-order chi connectivity index (χ1) is 9.92. The third-order valence-corrected chi connectivity index (χ3v) is 3.60. The molecule has 1 fully saturated rings. The van der Waals surface area contributed by atoms with E-state index >= 15 is 0 Å². The lowest BCUT2D eigenvalue weighted by Crippen LogP contribution is -2.45. The highest BCUT2D eigenvalue weighted by Gasteiger charge is 2.27. The highest BCUT2D eigenvalue weighted by Crippen LogP contribution is 2.27. The quantitative estimate of drug-likeness (QED) is 0.863. The van der Waals surface area contributed by atoms with Crippen molar-refractivity contribution in [1.82, 2.24) is 5.32 Å². The minimum atomic E-state index is -1.04. The molecule has 0 bridgehead atoms. The van der Waals surface area contributed by atoms with Gasteiger partial charge in [-0.25, -0.2) is 8.78 Å². The number of hydrogen-bond donors (Lipinski definition) is 2. The monoisotopic (exact) mass is 294 g/mol. The smallest absolute Gasteiger partial charge is 0.234 e. The van der Waals surface area contributed by atoms with Crippen LogP contribution in [0.3, 0.4) is 0 Å². The van der Waals surface area contributed by atoms with Crippen LogP contribution in [0.15, 0.2) is 12.1 Å². The summed E-state index contributed by atoms with van der Waals surface area (Å²) in [6.07, 6.45) is 0.724. The zero-order chi connectivity index (χ0) is 15.6. The third kappa shape index (κ3) is 3.28. The largest absolute Gasteiger partial charge is 0.369 e. The van der Waals surface area contributed by atoms with Crippen LogP contribution in [0.4, 0.5) is 14.5 Å². The van der Waals surface area contributed by atoms with Gasteiger partial charge in [0.05, 0.1) is 17.3 Å². The summed E-state index contributed by atoms with van der Waals surface area (Å²) in [7, 11) is 0. The van der Waals surface area contributed by atoms with E-state index in [0.29, 0.717) is 18.8 Å². The van der Waals surface area contributed by atoms with Gasteiger partial charge in [-0.05, 0) is 19.4 Å². The summed E-state index contributed by atoms with van der Waals surface area (Å²) in [6, 6.07) is 3.35. The summed E-state index contributed by atoms with van der Waals surface area (Å²) in [6.45, 7) is 2.75. The highest BCUT2D eigenvalue weighted by atomic mass is 19.2. The number of benzene rings is 1. The number of nitrogens with two attached hydrogens (primary N) is 1. The Kier molecular flexibility index (Phi) is 4.38. The number of carbonyl (C=O) groups excluding carboxylic acids is 1. The van der Waals surface area contributed by atoms with Crippen molar-refractivity contribution in [3.63, 3.8) is 0 Å². The van der Waals surface area contributed by atoms with Crippen LogP contribution in [0.2, 0.25) is 0 Å². The molecular formula is C14H16F2N4O. The fraction of sp³-hybridized carbons (Fsp3) is 0.429. The predicted molar refractivity (Wildman–Crippen MR) is 73.5 cm³/mol. The van der Waals surface area contributed by atoms with Gasteiger partial charge < -0.3 is 16.0 Å². The lowest BCUT2D eigenvalue weighted by Gasteiger charge is -2.21. The lowest BCUT2D eigenvalue weighted by molar-refractivity contribution is -0.119. The van der Waals surface area contributed by atoms with Gasteiger partial charge in [0.25, 0.3) is 0 Å². The molecule has 1 heterocycles. The van der Waals surface area contributed by atoms with Crippen molar-refractivity contribution in [2.45, 2.75) is 25.4 Å². The number of hydrogen-bond acceptors (Lipinski definition) is 4. The van der Waals surface area contributed by atoms with Gasteiger partial charge in [0.1, 0.15) is 6.07 Å². The van der Waals surface area contributed by atoms with E-state index in [1.165, 1.54) is 0 Å². The van der Waals surface area contributed by atoms with E-state index in [1.54, 1.807) is 11.8 Å². The Morgan fingerprint density at radius 3 is 2.81 bits per heavy atom. The molecule has 0 spiro atoms. The molecule has 1 aromatic carbocycles. The minimum Gasteiger partial charge on any atom is -0.369 e. The van der Waals surface area contributed by atoms with Crippen LogP contribution >= 0.6 is 0 Å². The van der Waals surface area contributed by atoms with Crippen molar-refractivity contribution in [2.24, 2.45) is 5.73 Å². The van der Waals surface area contributed by atoms with Crippen molar-refractivity contribution >= 4 is 11.6 Å². The fourth-order valence-electron chi connectivity index (χ4n) is 2.44. The number of rotatable bonds is 4. The molecule has 2 atom stereocenters. The molecule has 112 valence electrons. The summed E-state index contributed by atoms with van der Waals surface area (Å²) < 4.78 is 26.5. The number of nitrogens with zero attached hydrogens (tertiary/aromatic N) is 2. The molecule has 1 amide bonds. The summed E-state index contributed by atoms with van der Waals surface area (Å²) in [5.41, 5.74) is 5.66. The molecule has 5 nitrogen and oxygen atoms in total. The number of primary amides is 1. The molecule has 1 aromatic rings. The molecule has 0 radical (unpaired) electrons. The molecule has 1 aliphatic heterocycles. The predicted octanol–water partition coefficient (Wildman–Crippen LogP) is 0.879. The second-order valence-corrected chi connectivity index (χ2v) is 5.12. The van der Waals surface area contributed by atoms with Crippen LogP contribution < -0.4 is 16.0 Å². The van der Waals surface area contributed by atoms with Crippen LogP contribution in [0, 0.1) is 23.0 Å². The van der Waals surface area contributed by atoms with Gasteiger partial charge in [0.15, 0.2) is 11.6 Å². The first-order valence-corrected chi connectivity index (χ1v) is 6.62. The number of carbonyl (C=O) groups is 1. The molecule has 1 aliphatic rings. The highest BCUT2D eigenvalue weighted by molar-refractivity contribution is 5.79. The Balaban J connectivity index is 2.13. The van der Waals surface area contributed by atoms with Crippen molar-refractivity contribution < 1.29 is 13.6 Å². The number of nitriles is 1. The topological polar surface area (TPSA) is 82.2 Å². The van der Waals surface area contributed by atoms with E-state index in [9.17, 15) is 13.6 Å². The summed E-state index contributed by atoms with van der Waals surface area (Å²) in [5.74, 6) is -2.46. The molecular weight excluding hydrogens is 278 g/mol. The van der Waals surface area contributed by atoms with E-state index in [2.05, 4.69) is 5.32 Å². The third-order valence-electron chi connectivity index (χ3n) is 3.60. The Morgan fingerprint density at radius 2 is 2.19 bits per heavy atom. The van der Waals surface area contributed by atoms with Crippen molar-refractivity contribution in [1.29, 1.82) is 5.26 Å². The Bertz CT molecular complexity index is 599. The summed E-state index contributed by atoms with van der Waals surface area (Å²) in [5, 5.41) is 12.1. The van der Waals surface area contributed by atoms with Gasteiger partial charge in [-0.2, -0.15) is 5.26 Å². The van der Waals surface area contributed by atoms with E-state index in [4.69, 9.17) is 11.0 Å². The van der Waals surface area contributed by atoms with Crippen LogP contribution in [-0.4, -0.2) is 31.1 Å². The maximum absolute atomic E-state index is 13.4. The van der Waals surface area contributed by atoms with Crippen LogP contribution in [0.1, 0.15) is 18.9 Å². The second-order valence-electron chi connectivity index (χ2n) is 5.12. The van der Waals surface area contributed by atoms with Gasteiger partial charge in [-0.1, -0.05) is 0 Å². The summed E-state index contributed by atoms with van der Waals surface area (Å²) in [4.78, 5) is 12.8. The Morgan fingerprint density at radius 1 is 1.52 bits per heavy atom. The molecule has 21 heavy (non-hydrogen) atoms. The van der Waals surface area contributed by atoms with Crippen LogP contribution in [0.5, 0.6) is 0 Å². The second kappa shape index (κ2) is 6.06. The normalized spacial score (nSPS) is 19.3. The first-order valence-electron chi connectivity index (χ1n) is 6.62. The van der Waals surface area contributed by atoms with Gasteiger partial charge in [0, 0.05) is 25.2 Å². The standard InChI is InChI=1S/C14H16F2N4O/c1-8(14(18)21)19-10-2-3-20(7-10)13-5-12(16)11(15)4-9(13)6-17/h4-5,8,10,19H,2-3,7H2,1H3,(H2,18,21)/t8-,10-/m0/s1. The van der Waals surface area contributed by atoms with E-state index in [0.717, 1.165) is 18.6 Å². The molecule has 2 rings (SSSR count). The molecule has 1 saturated heterocycles.